The van der Waals surface area contributed by atoms with Gasteiger partial charge in [0.25, 0.3) is 5.91 Å². The molecule has 0 aliphatic carbocycles. The Morgan fingerprint density at radius 3 is 2.63 bits per heavy atom. The zero-order valence-corrected chi connectivity index (χ0v) is 18.5. The molecule has 0 spiro atoms. The average Bonchev–Trinajstić information content (AvgIpc) is 3.17. The summed E-state index contributed by atoms with van der Waals surface area (Å²) in [6.45, 7) is 7.89. The molecular formula is C22H29N3O4S. The minimum absolute atomic E-state index is 0.0443. The van der Waals surface area contributed by atoms with E-state index in [-0.39, 0.29) is 17.9 Å². The van der Waals surface area contributed by atoms with E-state index in [9.17, 15) is 9.59 Å². The Morgan fingerprint density at radius 2 is 1.90 bits per heavy atom. The first kappa shape index (κ1) is 21.2. The van der Waals surface area contributed by atoms with Gasteiger partial charge in [0.1, 0.15) is 6.10 Å². The number of benzene rings is 1. The molecule has 2 aromatic rings. The molecule has 1 aromatic carbocycles. The Hall–Kier alpha value is -2.00. The van der Waals surface area contributed by atoms with E-state index in [4.69, 9.17) is 9.47 Å². The Balaban J connectivity index is 1.59. The highest BCUT2D eigenvalue weighted by molar-refractivity contribution is 7.21. The zero-order valence-electron chi connectivity index (χ0n) is 17.6. The van der Waals surface area contributed by atoms with Crippen LogP contribution in [0.3, 0.4) is 0 Å². The lowest BCUT2D eigenvalue weighted by molar-refractivity contribution is -0.136. The number of ether oxygens (including phenoxy) is 2. The molecule has 0 bridgehead atoms. The van der Waals surface area contributed by atoms with E-state index >= 15 is 0 Å². The van der Waals surface area contributed by atoms with Crippen molar-refractivity contribution in [3.63, 3.8) is 0 Å². The Bertz CT molecular complexity index is 907. The number of thiophene rings is 1. The van der Waals surface area contributed by atoms with Gasteiger partial charge in [-0.15, -0.1) is 11.3 Å². The van der Waals surface area contributed by atoms with E-state index in [0.29, 0.717) is 39.4 Å². The van der Waals surface area contributed by atoms with Crippen LogP contribution in [0, 0.1) is 0 Å². The van der Waals surface area contributed by atoms with E-state index in [1.54, 1.807) is 14.0 Å². The number of carbonyl (C=O) groups excluding carboxylic acids is 2. The van der Waals surface area contributed by atoms with Crippen LogP contribution in [0.15, 0.2) is 24.3 Å². The first-order valence-electron chi connectivity index (χ1n) is 10.5. The molecule has 2 saturated heterocycles. The topological polar surface area (TPSA) is 62.3 Å². The van der Waals surface area contributed by atoms with Crippen molar-refractivity contribution in [3.8, 4) is 0 Å². The summed E-state index contributed by atoms with van der Waals surface area (Å²) in [4.78, 5) is 32.3. The SMILES string of the molecule is COCCN1CCN(C(=O)c2sc3ccccc3c2C2CN(C(C)=O)CCO2)CC1. The molecule has 0 N–H and O–H groups in total. The number of carbonyl (C=O) groups is 2. The lowest BCUT2D eigenvalue weighted by Crippen LogP contribution is -2.49. The second kappa shape index (κ2) is 9.43. The van der Waals surface area contributed by atoms with E-state index in [1.807, 2.05) is 21.9 Å². The molecule has 2 aliphatic rings. The van der Waals surface area contributed by atoms with Crippen LogP contribution in [0.2, 0.25) is 0 Å². The molecule has 2 aliphatic heterocycles. The van der Waals surface area contributed by atoms with Gasteiger partial charge in [-0.25, -0.2) is 0 Å². The fourth-order valence-corrected chi connectivity index (χ4v) is 5.41. The molecule has 0 saturated carbocycles. The average molecular weight is 432 g/mol. The second-order valence-electron chi connectivity index (χ2n) is 7.79. The van der Waals surface area contributed by atoms with Gasteiger partial charge in [-0.2, -0.15) is 0 Å². The number of methoxy groups -OCH3 is 1. The standard InChI is InChI=1S/C22H29N3O4S/c1-16(26)25-12-14-29-18(15-25)20-17-5-3-4-6-19(17)30-21(20)22(27)24-9-7-23(8-10-24)11-13-28-2/h3-6,18H,7-15H2,1-2H3. The third-order valence-electron chi connectivity index (χ3n) is 5.93. The van der Waals surface area contributed by atoms with E-state index < -0.39 is 0 Å². The van der Waals surface area contributed by atoms with E-state index in [0.717, 1.165) is 40.2 Å². The highest BCUT2D eigenvalue weighted by Gasteiger charge is 2.32. The summed E-state index contributed by atoms with van der Waals surface area (Å²) in [5.74, 6) is 0.115. The van der Waals surface area contributed by atoms with Gasteiger partial charge in [0.2, 0.25) is 5.91 Å². The van der Waals surface area contributed by atoms with Crippen LogP contribution in [0.5, 0.6) is 0 Å². The fourth-order valence-electron chi connectivity index (χ4n) is 4.19. The maximum absolute atomic E-state index is 13.5. The normalized spacial score (nSPS) is 20.7. The number of amides is 2. The zero-order chi connectivity index (χ0) is 21.1. The van der Waals surface area contributed by atoms with Crippen LogP contribution >= 0.6 is 11.3 Å². The summed E-state index contributed by atoms with van der Waals surface area (Å²) in [6, 6.07) is 8.09. The molecular weight excluding hydrogens is 402 g/mol. The van der Waals surface area contributed by atoms with Crippen LogP contribution in [0.4, 0.5) is 0 Å². The number of morpholine rings is 1. The molecule has 1 aromatic heterocycles. The van der Waals surface area contributed by atoms with Gasteiger partial charge in [0, 0.05) is 63.6 Å². The minimum atomic E-state index is -0.277. The predicted octanol–water partition coefficient (Wildman–Crippen LogP) is 2.23. The molecule has 2 amide bonds. The van der Waals surface area contributed by atoms with Gasteiger partial charge in [-0.3, -0.25) is 14.5 Å². The fraction of sp³-hybridized carbons (Fsp3) is 0.545. The molecule has 8 heteroatoms. The number of fused-ring (bicyclic) bond motifs is 1. The molecule has 1 unspecified atom stereocenters. The summed E-state index contributed by atoms with van der Waals surface area (Å²) >= 11 is 1.54. The summed E-state index contributed by atoms with van der Waals surface area (Å²) in [5.41, 5.74) is 0.938. The Kier molecular flexibility index (Phi) is 6.67. The summed E-state index contributed by atoms with van der Waals surface area (Å²) in [5, 5.41) is 1.06. The monoisotopic (exact) mass is 431 g/mol. The van der Waals surface area contributed by atoms with Crippen LogP contribution in [0.25, 0.3) is 10.1 Å². The Morgan fingerprint density at radius 1 is 1.13 bits per heavy atom. The number of rotatable bonds is 5. The molecule has 162 valence electrons. The van der Waals surface area contributed by atoms with Crippen molar-refractivity contribution >= 4 is 33.2 Å². The summed E-state index contributed by atoms with van der Waals surface area (Å²) in [6.07, 6.45) is -0.277. The molecule has 30 heavy (non-hydrogen) atoms. The second-order valence-corrected chi connectivity index (χ2v) is 8.84. The Labute approximate surface area is 181 Å². The highest BCUT2D eigenvalue weighted by atomic mass is 32.1. The van der Waals surface area contributed by atoms with E-state index in [2.05, 4.69) is 17.0 Å². The largest absolute Gasteiger partial charge is 0.383 e. The van der Waals surface area contributed by atoms with Crippen molar-refractivity contribution in [2.75, 3.05) is 66.1 Å². The van der Waals surface area contributed by atoms with Crippen LogP contribution in [0.1, 0.15) is 28.3 Å². The molecule has 3 heterocycles. The third kappa shape index (κ3) is 4.37. The van der Waals surface area contributed by atoms with Gasteiger partial charge in [-0.05, 0) is 11.5 Å². The van der Waals surface area contributed by atoms with Crippen molar-refractivity contribution in [2.45, 2.75) is 13.0 Å². The first-order chi connectivity index (χ1) is 14.6. The number of hydrogen-bond acceptors (Lipinski definition) is 6. The third-order valence-corrected chi connectivity index (χ3v) is 7.11. The number of hydrogen-bond donors (Lipinski definition) is 0. The van der Waals surface area contributed by atoms with Gasteiger partial charge < -0.3 is 19.3 Å². The maximum atomic E-state index is 13.5. The van der Waals surface area contributed by atoms with Gasteiger partial charge >= 0.3 is 0 Å². The predicted molar refractivity (Wildman–Crippen MR) is 117 cm³/mol. The highest BCUT2D eigenvalue weighted by Crippen LogP contribution is 2.39. The lowest BCUT2D eigenvalue weighted by Gasteiger charge is -2.35. The molecule has 1 atom stereocenters. The van der Waals surface area contributed by atoms with Crippen LogP contribution < -0.4 is 0 Å². The quantitative estimate of drug-likeness (QED) is 0.727. The van der Waals surface area contributed by atoms with Crippen molar-refractivity contribution in [1.82, 2.24) is 14.7 Å². The minimum Gasteiger partial charge on any atom is -0.383 e. The maximum Gasteiger partial charge on any atom is 0.264 e. The first-order valence-corrected chi connectivity index (χ1v) is 11.3. The van der Waals surface area contributed by atoms with Gasteiger partial charge in [0.05, 0.1) is 24.6 Å². The van der Waals surface area contributed by atoms with Crippen molar-refractivity contribution in [2.24, 2.45) is 0 Å². The summed E-state index contributed by atoms with van der Waals surface area (Å²) < 4.78 is 12.3. The lowest BCUT2D eigenvalue weighted by atomic mass is 10.0. The molecule has 2 fully saturated rings. The van der Waals surface area contributed by atoms with Gasteiger partial charge in [0.15, 0.2) is 0 Å². The smallest absolute Gasteiger partial charge is 0.264 e. The van der Waals surface area contributed by atoms with Crippen molar-refractivity contribution in [3.05, 3.63) is 34.7 Å². The van der Waals surface area contributed by atoms with E-state index in [1.165, 1.54) is 11.3 Å². The van der Waals surface area contributed by atoms with Crippen molar-refractivity contribution < 1.29 is 19.1 Å². The molecule has 4 rings (SSSR count). The van der Waals surface area contributed by atoms with Gasteiger partial charge in [-0.1, -0.05) is 18.2 Å². The number of nitrogens with zero attached hydrogens (tertiary/aromatic N) is 3. The molecule has 7 nitrogen and oxygen atoms in total. The van der Waals surface area contributed by atoms with Crippen LogP contribution in [-0.4, -0.2) is 92.7 Å². The molecule has 0 radical (unpaired) electrons. The van der Waals surface area contributed by atoms with Crippen molar-refractivity contribution in [1.29, 1.82) is 0 Å². The number of piperazine rings is 1. The summed E-state index contributed by atoms with van der Waals surface area (Å²) in [7, 11) is 1.71. The van der Waals surface area contributed by atoms with Crippen LogP contribution in [-0.2, 0) is 14.3 Å².